The molecule has 0 spiro atoms. The van der Waals surface area contributed by atoms with Crippen LogP contribution in [0.4, 0.5) is 5.69 Å². The maximum Gasteiger partial charge on any atom is 0.242 e. The third-order valence-corrected chi connectivity index (χ3v) is 4.57. The zero-order valence-electron chi connectivity index (χ0n) is 10.5. The lowest BCUT2D eigenvalue weighted by atomic mass is 10.3. The van der Waals surface area contributed by atoms with Gasteiger partial charge in [0.15, 0.2) is 0 Å². The molecule has 1 rings (SSSR count). The molecule has 0 aliphatic rings. The summed E-state index contributed by atoms with van der Waals surface area (Å²) in [5, 5.41) is 2.68. The van der Waals surface area contributed by atoms with Crippen molar-refractivity contribution in [1.82, 2.24) is 4.31 Å². The number of carbonyl (C=O) groups excluding carboxylic acids is 1. The molecule has 5 nitrogen and oxygen atoms in total. The molecule has 0 heterocycles. The van der Waals surface area contributed by atoms with Gasteiger partial charge in [0, 0.05) is 19.8 Å². The number of anilines is 1. The topological polar surface area (TPSA) is 66.5 Å². The second-order valence-electron chi connectivity index (χ2n) is 3.79. The van der Waals surface area contributed by atoms with E-state index in [4.69, 9.17) is 0 Å². The molecule has 0 fully saturated rings. The van der Waals surface area contributed by atoms with E-state index >= 15 is 0 Å². The number of thioether (sulfide) groups is 1. The van der Waals surface area contributed by atoms with Crippen LogP contribution in [-0.4, -0.2) is 44.7 Å². The van der Waals surface area contributed by atoms with Gasteiger partial charge in [-0.15, -0.1) is 0 Å². The fourth-order valence-electron chi connectivity index (χ4n) is 1.25. The van der Waals surface area contributed by atoms with Crippen molar-refractivity contribution in [3.05, 3.63) is 24.3 Å². The Kier molecular flexibility index (Phi) is 5.18. The number of carbonyl (C=O) groups is 1. The lowest BCUT2D eigenvalue weighted by Crippen LogP contribution is -2.22. The molecule has 1 aromatic rings. The van der Waals surface area contributed by atoms with Gasteiger partial charge in [0.05, 0.1) is 10.6 Å². The molecule has 0 radical (unpaired) electrons. The van der Waals surface area contributed by atoms with E-state index in [1.165, 1.54) is 38.0 Å². The summed E-state index contributed by atoms with van der Waals surface area (Å²) in [6, 6.07) is 6.11. The zero-order valence-corrected chi connectivity index (χ0v) is 12.1. The minimum absolute atomic E-state index is 0.106. The highest BCUT2D eigenvalue weighted by Gasteiger charge is 2.16. The predicted octanol–water partition coefficient (Wildman–Crippen LogP) is 1.24. The van der Waals surface area contributed by atoms with Crippen molar-refractivity contribution >= 4 is 33.4 Å². The summed E-state index contributed by atoms with van der Waals surface area (Å²) in [4.78, 5) is 11.5. The SMILES string of the molecule is CSCC(=O)Nc1ccc(S(=O)(=O)N(C)C)cc1. The molecule has 0 unspecified atom stereocenters. The van der Waals surface area contributed by atoms with Crippen molar-refractivity contribution in [3.8, 4) is 0 Å². The van der Waals surface area contributed by atoms with Crippen LogP contribution in [-0.2, 0) is 14.8 Å². The summed E-state index contributed by atoms with van der Waals surface area (Å²) in [6.07, 6.45) is 1.84. The number of nitrogens with one attached hydrogen (secondary N) is 1. The molecule has 1 amide bonds. The first-order chi connectivity index (χ1) is 8.37. The van der Waals surface area contributed by atoms with Gasteiger partial charge in [-0.3, -0.25) is 4.79 Å². The minimum atomic E-state index is -3.42. The van der Waals surface area contributed by atoms with Crippen molar-refractivity contribution < 1.29 is 13.2 Å². The number of benzene rings is 1. The standard InChI is InChI=1S/C11H16N2O3S2/c1-13(2)18(15,16)10-6-4-9(5-7-10)12-11(14)8-17-3/h4-7H,8H2,1-3H3,(H,12,14). The Morgan fingerprint density at radius 2 is 1.83 bits per heavy atom. The monoisotopic (exact) mass is 288 g/mol. The molecule has 0 aromatic heterocycles. The number of rotatable bonds is 5. The number of nitrogens with zero attached hydrogens (tertiary/aromatic N) is 1. The maximum atomic E-state index is 11.8. The number of hydrogen-bond donors (Lipinski definition) is 1. The van der Waals surface area contributed by atoms with E-state index in [1.807, 2.05) is 6.26 Å². The van der Waals surface area contributed by atoms with Crippen LogP contribution in [0, 0.1) is 0 Å². The maximum absolute atomic E-state index is 11.8. The van der Waals surface area contributed by atoms with E-state index in [9.17, 15) is 13.2 Å². The molecule has 0 atom stereocenters. The minimum Gasteiger partial charge on any atom is -0.325 e. The van der Waals surface area contributed by atoms with Gasteiger partial charge in [-0.25, -0.2) is 12.7 Å². The molecule has 0 aliphatic carbocycles. The quantitative estimate of drug-likeness (QED) is 0.885. The highest BCUT2D eigenvalue weighted by molar-refractivity contribution is 7.99. The third kappa shape index (κ3) is 3.72. The van der Waals surface area contributed by atoms with Gasteiger partial charge >= 0.3 is 0 Å². The summed E-state index contributed by atoms with van der Waals surface area (Å²) in [5.74, 6) is 0.267. The Hall–Kier alpha value is -1.05. The summed E-state index contributed by atoms with van der Waals surface area (Å²) in [7, 11) is -0.464. The highest BCUT2D eigenvalue weighted by Crippen LogP contribution is 2.16. The fraction of sp³-hybridized carbons (Fsp3) is 0.364. The van der Waals surface area contributed by atoms with Crippen LogP contribution in [0.25, 0.3) is 0 Å². The third-order valence-electron chi connectivity index (χ3n) is 2.19. The zero-order chi connectivity index (χ0) is 13.8. The van der Waals surface area contributed by atoms with Crippen molar-refractivity contribution in [1.29, 1.82) is 0 Å². The molecule has 100 valence electrons. The molecule has 0 aliphatic heterocycles. The van der Waals surface area contributed by atoms with Crippen LogP contribution in [0.1, 0.15) is 0 Å². The van der Waals surface area contributed by atoms with Crippen LogP contribution >= 0.6 is 11.8 Å². The average molecular weight is 288 g/mol. The number of hydrogen-bond acceptors (Lipinski definition) is 4. The molecular weight excluding hydrogens is 272 g/mol. The van der Waals surface area contributed by atoms with Gasteiger partial charge in [0.25, 0.3) is 0 Å². The van der Waals surface area contributed by atoms with Crippen molar-refractivity contribution in [2.45, 2.75) is 4.90 Å². The Bertz CT molecular complexity index is 510. The first-order valence-corrected chi connectivity index (χ1v) is 8.02. The molecule has 7 heteroatoms. The Morgan fingerprint density at radius 1 is 1.28 bits per heavy atom. The number of amides is 1. The van der Waals surface area contributed by atoms with Crippen LogP contribution < -0.4 is 5.32 Å². The van der Waals surface area contributed by atoms with E-state index in [-0.39, 0.29) is 10.8 Å². The summed E-state index contributed by atoms with van der Waals surface area (Å²) in [5.41, 5.74) is 0.590. The molecule has 18 heavy (non-hydrogen) atoms. The smallest absolute Gasteiger partial charge is 0.242 e. The van der Waals surface area contributed by atoms with Gasteiger partial charge in [-0.1, -0.05) is 0 Å². The Morgan fingerprint density at radius 3 is 2.28 bits per heavy atom. The van der Waals surface area contributed by atoms with E-state index in [2.05, 4.69) is 5.32 Å². The average Bonchev–Trinajstić information content (AvgIpc) is 2.29. The van der Waals surface area contributed by atoms with Gasteiger partial charge in [-0.05, 0) is 30.5 Å². The predicted molar refractivity (Wildman–Crippen MR) is 74.3 cm³/mol. The Balaban J connectivity index is 2.84. The van der Waals surface area contributed by atoms with Crippen LogP contribution in [0.2, 0.25) is 0 Å². The van der Waals surface area contributed by atoms with E-state index < -0.39 is 10.0 Å². The van der Waals surface area contributed by atoms with E-state index in [1.54, 1.807) is 12.1 Å². The summed E-state index contributed by atoms with van der Waals surface area (Å²) in [6.45, 7) is 0. The van der Waals surface area contributed by atoms with E-state index in [0.717, 1.165) is 4.31 Å². The number of sulfonamides is 1. The fourth-order valence-corrected chi connectivity index (χ4v) is 2.49. The van der Waals surface area contributed by atoms with Crippen molar-refractivity contribution in [3.63, 3.8) is 0 Å². The molecular formula is C11H16N2O3S2. The summed E-state index contributed by atoms with van der Waals surface area (Å²) >= 11 is 1.43. The largest absolute Gasteiger partial charge is 0.325 e. The molecule has 1 aromatic carbocycles. The lowest BCUT2D eigenvalue weighted by Gasteiger charge is -2.11. The van der Waals surface area contributed by atoms with Crippen LogP contribution in [0.3, 0.4) is 0 Å². The first-order valence-electron chi connectivity index (χ1n) is 5.19. The van der Waals surface area contributed by atoms with Crippen LogP contribution in [0.5, 0.6) is 0 Å². The first kappa shape index (κ1) is 15.0. The van der Waals surface area contributed by atoms with Gasteiger partial charge in [-0.2, -0.15) is 11.8 Å². The normalized spacial score (nSPS) is 11.6. The molecule has 1 N–H and O–H groups in total. The lowest BCUT2D eigenvalue weighted by molar-refractivity contribution is -0.113. The van der Waals surface area contributed by atoms with Gasteiger partial charge < -0.3 is 5.32 Å². The second-order valence-corrected chi connectivity index (χ2v) is 6.81. The molecule has 0 saturated heterocycles. The van der Waals surface area contributed by atoms with Crippen molar-refractivity contribution in [2.24, 2.45) is 0 Å². The van der Waals surface area contributed by atoms with Gasteiger partial charge in [0.1, 0.15) is 0 Å². The highest BCUT2D eigenvalue weighted by atomic mass is 32.2. The van der Waals surface area contributed by atoms with Crippen LogP contribution in [0.15, 0.2) is 29.2 Å². The molecule has 0 saturated carbocycles. The summed E-state index contributed by atoms with van der Waals surface area (Å²) < 4.78 is 24.8. The second kappa shape index (κ2) is 6.21. The van der Waals surface area contributed by atoms with Crippen molar-refractivity contribution in [2.75, 3.05) is 31.4 Å². The van der Waals surface area contributed by atoms with Gasteiger partial charge in [0.2, 0.25) is 15.9 Å². The Labute approximate surface area is 112 Å². The van der Waals surface area contributed by atoms with E-state index in [0.29, 0.717) is 11.4 Å². The molecule has 0 bridgehead atoms.